The predicted molar refractivity (Wildman–Crippen MR) is 48.1 cm³/mol. The van der Waals surface area contributed by atoms with E-state index in [0.717, 1.165) is 6.07 Å². The molecule has 1 aromatic rings. The highest BCUT2D eigenvalue weighted by Gasteiger charge is 2.39. The Bertz CT molecular complexity index is 395. The van der Waals surface area contributed by atoms with Gasteiger partial charge in [-0.2, -0.15) is 13.2 Å². The molecule has 1 atom stereocenters. The molecule has 0 bridgehead atoms. The van der Waals surface area contributed by atoms with Crippen molar-refractivity contribution in [2.75, 3.05) is 0 Å². The summed E-state index contributed by atoms with van der Waals surface area (Å²) in [6.45, 7) is 0. The SMILES string of the molecule is O=C1[CH]CC1c1ccccc1C(F)(F)F. The van der Waals surface area contributed by atoms with Gasteiger partial charge >= 0.3 is 6.18 Å². The first-order valence-electron chi connectivity index (χ1n) is 4.53. The van der Waals surface area contributed by atoms with Crippen molar-refractivity contribution in [3.63, 3.8) is 0 Å². The molecular weight excluding hydrogens is 205 g/mol. The van der Waals surface area contributed by atoms with Gasteiger partial charge in [0.2, 0.25) is 0 Å². The Labute approximate surface area is 84.9 Å². The van der Waals surface area contributed by atoms with Crippen LogP contribution in [0.4, 0.5) is 13.2 Å². The molecule has 0 aliphatic heterocycles. The van der Waals surface area contributed by atoms with Gasteiger partial charge in [-0.05, 0) is 18.1 Å². The lowest BCUT2D eigenvalue weighted by Crippen LogP contribution is -2.26. The molecule has 1 saturated carbocycles. The molecule has 1 unspecified atom stereocenters. The van der Waals surface area contributed by atoms with Crippen LogP contribution in [0.5, 0.6) is 0 Å². The number of benzene rings is 1. The van der Waals surface area contributed by atoms with E-state index in [1.54, 1.807) is 0 Å². The zero-order valence-electron chi connectivity index (χ0n) is 7.71. The number of rotatable bonds is 1. The number of hydrogen-bond acceptors (Lipinski definition) is 1. The van der Waals surface area contributed by atoms with Crippen LogP contribution >= 0.6 is 0 Å². The molecule has 15 heavy (non-hydrogen) atoms. The van der Waals surface area contributed by atoms with Crippen LogP contribution in [0.25, 0.3) is 0 Å². The minimum absolute atomic E-state index is 0.0949. The highest BCUT2D eigenvalue weighted by molar-refractivity contribution is 5.99. The average Bonchev–Trinajstić information content (AvgIpc) is 2.15. The van der Waals surface area contributed by atoms with Gasteiger partial charge in [-0.3, -0.25) is 4.79 Å². The lowest BCUT2D eigenvalue weighted by atomic mass is 9.77. The first-order valence-corrected chi connectivity index (χ1v) is 4.53. The van der Waals surface area contributed by atoms with Crippen LogP contribution in [0, 0.1) is 6.42 Å². The van der Waals surface area contributed by atoms with Crippen molar-refractivity contribution in [1.29, 1.82) is 0 Å². The van der Waals surface area contributed by atoms with Crippen LogP contribution in [-0.2, 0) is 11.0 Å². The molecule has 1 aromatic carbocycles. The van der Waals surface area contributed by atoms with Gasteiger partial charge in [-0.25, -0.2) is 0 Å². The lowest BCUT2D eigenvalue weighted by Gasteiger charge is -2.26. The Morgan fingerprint density at radius 1 is 1.20 bits per heavy atom. The molecule has 1 radical (unpaired) electrons. The van der Waals surface area contributed by atoms with Gasteiger partial charge in [0.05, 0.1) is 5.56 Å². The highest BCUT2D eigenvalue weighted by atomic mass is 19.4. The maximum absolute atomic E-state index is 12.6. The summed E-state index contributed by atoms with van der Waals surface area (Å²) in [6, 6.07) is 5.24. The normalized spacial score (nSPS) is 21.3. The van der Waals surface area contributed by atoms with Crippen molar-refractivity contribution in [3.8, 4) is 0 Å². The van der Waals surface area contributed by atoms with Gasteiger partial charge in [0.25, 0.3) is 0 Å². The zero-order chi connectivity index (χ0) is 11.1. The molecule has 1 aliphatic carbocycles. The predicted octanol–water partition coefficient (Wildman–Crippen LogP) is 2.97. The maximum Gasteiger partial charge on any atom is 0.416 e. The first kappa shape index (κ1) is 10.2. The fourth-order valence-electron chi connectivity index (χ4n) is 1.67. The second kappa shape index (κ2) is 3.36. The summed E-state index contributed by atoms with van der Waals surface area (Å²) in [7, 11) is 0. The quantitative estimate of drug-likeness (QED) is 0.700. The molecule has 0 N–H and O–H groups in total. The van der Waals surface area contributed by atoms with E-state index < -0.39 is 17.7 Å². The molecule has 1 fully saturated rings. The van der Waals surface area contributed by atoms with Crippen molar-refractivity contribution < 1.29 is 18.0 Å². The highest BCUT2D eigenvalue weighted by Crippen LogP contribution is 2.40. The molecule has 0 spiro atoms. The van der Waals surface area contributed by atoms with E-state index in [1.807, 2.05) is 0 Å². The second-order valence-corrected chi connectivity index (χ2v) is 3.48. The monoisotopic (exact) mass is 213 g/mol. The number of hydrogen-bond donors (Lipinski definition) is 0. The van der Waals surface area contributed by atoms with E-state index in [4.69, 9.17) is 0 Å². The van der Waals surface area contributed by atoms with E-state index in [2.05, 4.69) is 0 Å². The van der Waals surface area contributed by atoms with E-state index in [0.29, 0.717) is 6.42 Å². The van der Waals surface area contributed by atoms with Gasteiger partial charge in [0.15, 0.2) is 0 Å². The fraction of sp³-hybridized carbons (Fsp3) is 0.273. The van der Waals surface area contributed by atoms with Gasteiger partial charge in [0, 0.05) is 12.3 Å². The summed E-state index contributed by atoms with van der Waals surface area (Å²) in [4.78, 5) is 11.1. The molecule has 4 heteroatoms. The Kier molecular flexibility index (Phi) is 2.29. The molecule has 79 valence electrons. The molecule has 0 saturated heterocycles. The summed E-state index contributed by atoms with van der Waals surface area (Å²) < 4.78 is 37.7. The van der Waals surface area contributed by atoms with Crippen molar-refractivity contribution in [3.05, 3.63) is 41.8 Å². The summed E-state index contributed by atoms with van der Waals surface area (Å²) in [5, 5.41) is 0. The number of Topliss-reactive ketones (excluding diaryl/α,β-unsaturated/α-hetero) is 1. The summed E-state index contributed by atoms with van der Waals surface area (Å²) in [5.41, 5.74) is -0.603. The number of halogens is 3. The van der Waals surface area contributed by atoms with Crippen molar-refractivity contribution >= 4 is 5.78 Å². The Hall–Kier alpha value is -1.32. The topological polar surface area (TPSA) is 17.1 Å². The summed E-state index contributed by atoms with van der Waals surface area (Å²) in [5.74, 6) is -0.811. The third-order valence-corrected chi connectivity index (χ3v) is 2.54. The number of alkyl halides is 3. The van der Waals surface area contributed by atoms with E-state index in [-0.39, 0.29) is 11.3 Å². The van der Waals surface area contributed by atoms with Crippen LogP contribution < -0.4 is 0 Å². The Morgan fingerprint density at radius 3 is 2.33 bits per heavy atom. The van der Waals surface area contributed by atoms with Crippen molar-refractivity contribution in [2.45, 2.75) is 18.5 Å². The summed E-state index contributed by atoms with van der Waals surface area (Å²) >= 11 is 0. The molecule has 2 rings (SSSR count). The molecular formula is C11H8F3O. The number of ketones is 1. The average molecular weight is 213 g/mol. The maximum atomic E-state index is 12.6. The lowest BCUT2D eigenvalue weighted by molar-refractivity contribution is -0.138. The Balaban J connectivity index is 2.42. The zero-order valence-corrected chi connectivity index (χ0v) is 7.71. The van der Waals surface area contributed by atoms with Gasteiger partial charge in [-0.1, -0.05) is 18.2 Å². The fourth-order valence-corrected chi connectivity index (χ4v) is 1.67. The van der Waals surface area contributed by atoms with Gasteiger partial charge < -0.3 is 0 Å². The molecule has 0 heterocycles. The van der Waals surface area contributed by atoms with Crippen molar-refractivity contribution in [1.82, 2.24) is 0 Å². The van der Waals surface area contributed by atoms with Crippen LogP contribution in [0.3, 0.4) is 0 Å². The standard InChI is InChI=1S/C11H8F3O/c12-11(13,14)9-4-2-1-3-7(9)8-5-6-10(8)15/h1-4,6,8H,5H2. The largest absolute Gasteiger partial charge is 0.416 e. The number of carbonyl (C=O) groups is 1. The van der Waals surface area contributed by atoms with E-state index >= 15 is 0 Å². The van der Waals surface area contributed by atoms with Gasteiger partial charge in [0.1, 0.15) is 5.78 Å². The third-order valence-electron chi connectivity index (χ3n) is 2.54. The minimum Gasteiger partial charge on any atom is -0.299 e. The Morgan fingerprint density at radius 2 is 1.87 bits per heavy atom. The smallest absolute Gasteiger partial charge is 0.299 e. The van der Waals surface area contributed by atoms with Crippen LogP contribution in [0.2, 0.25) is 0 Å². The van der Waals surface area contributed by atoms with E-state index in [1.165, 1.54) is 24.6 Å². The second-order valence-electron chi connectivity index (χ2n) is 3.48. The first-order chi connectivity index (χ1) is 7.00. The molecule has 0 aromatic heterocycles. The van der Waals surface area contributed by atoms with Crippen LogP contribution in [-0.4, -0.2) is 5.78 Å². The number of carbonyl (C=O) groups excluding carboxylic acids is 1. The van der Waals surface area contributed by atoms with Crippen molar-refractivity contribution in [2.24, 2.45) is 0 Å². The van der Waals surface area contributed by atoms with Gasteiger partial charge in [-0.15, -0.1) is 0 Å². The molecule has 0 amide bonds. The third kappa shape index (κ3) is 1.76. The van der Waals surface area contributed by atoms with Crippen LogP contribution in [0.15, 0.2) is 24.3 Å². The molecule has 1 nitrogen and oxygen atoms in total. The molecule has 1 aliphatic rings. The summed E-state index contributed by atoms with van der Waals surface area (Å²) in [6.07, 6.45) is -2.56. The van der Waals surface area contributed by atoms with E-state index in [9.17, 15) is 18.0 Å². The van der Waals surface area contributed by atoms with Crippen LogP contribution in [0.1, 0.15) is 23.5 Å². The minimum atomic E-state index is -4.38.